The second-order valence-electron chi connectivity index (χ2n) is 4.81. The minimum atomic E-state index is 0.707. The summed E-state index contributed by atoms with van der Waals surface area (Å²) in [5, 5.41) is 3.16. The van der Waals surface area contributed by atoms with E-state index in [-0.39, 0.29) is 0 Å². The molecule has 0 unspecified atom stereocenters. The van der Waals surface area contributed by atoms with E-state index in [0.717, 1.165) is 41.2 Å². The van der Waals surface area contributed by atoms with Gasteiger partial charge in [-0.05, 0) is 37.2 Å². The zero-order valence-electron chi connectivity index (χ0n) is 12.8. The van der Waals surface area contributed by atoms with Crippen LogP contribution in [-0.2, 0) is 6.54 Å². The molecule has 21 heavy (non-hydrogen) atoms. The van der Waals surface area contributed by atoms with Crippen molar-refractivity contribution in [3.63, 3.8) is 0 Å². The third-order valence-electron chi connectivity index (χ3n) is 3.17. The topological polar surface area (TPSA) is 43.4 Å². The van der Waals surface area contributed by atoms with Crippen molar-refractivity contribution in [3.8, 4) is 22.6 Å². The maximum absolute atomic E-state index is 5.64. The van der Waals surface area contributed by atoms with Crippen LogP contribution >= 0.6 is 0 Å². The first kappa shape index (κ1) is 15.3. The molecule has 0 radical (unpaired) electrons. The third-order valence-corrected chi connectivity index (χ3v) is 3.17. The van der Waals surface area contributed by atoms with Gasteiger partial charge in [0.15, 0.2) is 0 Å². The number of ether oxygens (including phenoxy) is 2. The summed E-state index contributed by atoms with van der Waals surface area (Å²) in [5.74, 6) is 1.69. The number of hydrogen-bond donors (Lipinski definition) is 1. The van der Waals surface area contributed by atoms with Crippen LogP contribution in [0.15, 0.2) is 36.7 Å². The van der Waals surface area contributed by atoms with Gasteiger partial charge in [0.05, 0.1) is 19.9 Å². The molecule has 0 amide bonds. The van der Waals surface area contributed by atoms with Crippen molar-refractivity contribution in [2.24, 2.45) is 0 Å². The zero-order valence-corrected chi connectivity index (χ0v) is 12.8. The van der Waals surface area contributed by atoms with Crippen molar-refractivity contribution in [1.29, 1.82) is 0 Å². The van der Waals surface area contributed by atoms with Gasteiger partial charge >= 0.3 is 0 Å². The predicted molar refractivity (Wildman–Crippen MR) is 84.8 cm³/mol. The zero-order chi connectivity index (χ0) is 15.1. The van der Waals surface area contributed by atoms with E-state index < -0.39 is 0 Å². The van der Waals surface area contributed by atoms with Crippen LogP contribution in [0.4, 0.5) is 0 Å². The molecule has 0 bridgehead atoms. The molecular weight excluding hydrogens is 264 g/mol. The second kappa shape index (κ2) is 7.64. The van der Waals surface area contributed by atoms with Crippen molar-refractivity contribution in [1.82, 2.24) is 10.3 Å². The molecule has 1 aromatic heterocycles. The summed E-state index contributed by atoms with van der Waals surface area (Å²) in [6.45, 7) is 3.56. The summed E-state index contributed by atoms with van der Waals surface area (Å²) in [4.78, 5) is 4.26. The standard InChI is InChI=1S/C17H22N2O2/c1-4-7-21-16-9-14(11-19-12-16)13-5-6-17(20-3)15(8-13)10-18-2/h5-6,8-9,11-12,18H,4,7,10H2,1-3H3. The van der Waals surface area contributed by atoms with E-state index in [1.54, 1.807) is 13.3 Å². The predicted octanol–water partition coefficient (Wildman–Crippen LogP) is 3.27. The van der Waals surface area contributed by atoms with E-state index in [1.165, 1.54) is 0 Å². The average molecular weight is 286 g/mol. The highest BCUT2D eigenvalue weighted by molar-refractivity contribution is 5.66. The Morgan fingerprint density at radius 3 is 2.71 bits per heavy atom. The van der Waals surface area contributed by atoms with Crippen LogP contribution < -0.4 is 14.8 Å². The van der Waals surface area contributed by atoms with Crippen LogP contribution in [0.25, 0.3) is 11.1 Å². The molecule has 0 spiro atoms. The molecule has 0 aliphatic carbocycles. The third kappa shape index (κ3) is 3.95. The van der Waals surface area contributed by atoms with E-state index in [2.05, 4.69) is 23.3 Å². The molecule has 1 N–H and O–H groups in total. The van der Waals surface area contributed by atoms with Gasteiger partial charge < -0.3 is 14.8 Å². The lowest BCUT2D eigenvalue weighted by atomic mass is 10.0. The van der Waals surface area contributed by atoms with E-state index >= 15 is 0 Å². The molecule has 0 saturated heterocycles. The van der Waals surface area contributed by atoms with Crippen molar-refractivity contribution in [2.45, 2.75) is 19.9 Å². The molecule has 112 valence electrons. The van der Waals surface area contributed by atoms with Crippen LogP contribution in [0, 0.1) is 0 Å². The fourth-order valence-corrected chi connectivity index (χ4v) is 2.16. The summed E-state index contributed by atoms with van der Waals surface area (Å²) < 4.78 is 11.0. The monoisotopic (exact) mass is 286 g/mol. The van der Waals surface area contributed by atoms with Gasteiger partial charge in [-0.25, -0.2) is 0 Å². The highest BCUT2D eigenvalue weighted by Crippen LogP contribution is 2.28. The first-order valence-electron chi connectivity index (χ1n) is 7.18. The number of rotatable bonds is 7. The summed E-state index contributed by atoms with van der Waals surface area (Å²) in [7, 11) is 3.61. The maximum Gasteiger partial charge on any atom is 0.138 e. The van der Waals surface area contributed by atoms with E-state index in [1.807, 2.05) is 31.4 Å². The first-order chi connectivity index (χ1) is 10.3. The molecule has 4 heteroatoms. The molecule has 0 saturated carbocycles. The average Bonchev–Trinajstić information content (AvgIpc) is 2.53. The number of hydrogen-bond acceptors (Lipinski definition) is 4. The molecule has 2 rings (SSSR count). The van der Waals surface area contributed by atoms with Crippen molar-refractivity contribution < 1.29 is 9.47 Å². The molecular formula is C17H22N2O2. The fourth-order valence-electron chi connectivity index (χ4n) is 2.16. The smallest absolute Gasteiger partial charge is 0.138 e. The fraction of sp³-hybridized carbons (Fsp3) is 0.353. The molecule has 4 nitrogen and oxygen atoms in total. The summed E-state index contributed by atoms with van der Waals surface area (Å²) in [5.41, 5.74) is 3.27. The maximum atomic E-state index is 5.64. The first-order valence-corrected chi connectivity index (χ1v) is 7.18. The quantitative estimate of drug-likeness (QED) is 0.848. The Balaban J connectivity index is 2.30. The lowest BCUT2D eigenvalue weighted by Crippen LogP contribution is -2.06. The van der Waals surface area contributed by atoms with Crippen molar-refractivity contribution in [3.05, 3.63) is 42.2 Å². The van der Waals surface area contributed by atoms with Gasteiger partial charge in [0.2, 0.25) is 0 Å². The van der Waals surface area contributed by atoms with Crippen molar-refractivity contribution >= 4 is 0 Å². The highest BCUT2D eigenvalue weighted by Gasteiger charge is 2.07. The van der Waals surface area contributed by atoms with Gasteiger partial charge in [-0.3, -0.25) is 4.98 Å². The van der Waals surface area contributed by atoms with E-state index in [9.17, 15) is 0 Å². The SMILES string of the molecule is CCCOc1cncc(-c2ccc(OC)c(CNC)c2)c1. The molecule has 2 aromatic rings. The lowest BCUT2D eigenvalue weighted by molar-refractivity contribution is 0.316. The Morgan fingerprint density at radius 1 is 1.14 bits per heavy atom. The van der Waals surface area contributed by atoms with Crippen LogP contribution in [0.1, 0.15) is 18.9 Å². The molecule has 0 aliphatic rings. The molecule has 1 aromatic carbocycles. The minimum Gasteiger partial charge on any atom is -0.496 e. The van der Waals surface area contributed by atoms with Crippen LogP contribution in [0.3, 0.4) is 0 Å². The number of nitrogens with zero attached hydrogens (tertiary/aromatic N) is 1. The summed E-state index contributed by atoms with van der Waals surface area (Å²) in [6.07, 6.45) is 4.58. The number of pyridine rings is 1. The Labute approximate surface area is 126 Å². The van der Waals surface area contributed by atoms with Crippen molar-refractivity contribution in [2.75, 3.05) is 20.8 Å². The number of aromatic nitrogens is 1. The van der Waals surface area contributed by atoms with Crippen LogP contribution in [0.5, 0.6) is 11.5 Å². The normalized spacial score (nSPS) is 10.4. The van der Waals surface area contributed by atoms with Gasteiger partial charge in [-0.2, -0.15) is 0 Å². The molecule has 0 aliphatic heterocycles. The van der Waals surface area contributed by atoms with E-state index in [4.69, 9.17) is 9.47 Å². The van der Waals surface area contributed by atoms with Gasteiger partial charge in [-0.15, -0.1) is 0 Å². The largest absolute Gasteiger partial charge is 0.496 e. The van der Waals surface area contributed by atoms with Crippen LogP contribution in [-0.4, -0.2) is 25.7 Å². The molecule has 0 fully saturated rings. The van der Waals surface area contributed by atoms with E-state index in [0.29, 0.717) is 6.61 Å². The number of methoxy groups -OCH3 is 1. The summed E-state index contributed by atoms with van der Waals surface area (Å²) >= 11 is 0. The Morgan fingerprint density at radius 2 is 2.00 bits per heavy atom. The molecule has 1 heterocycles. The van der Waals surface area contributed by atoms with Gasteiger partial charge in [0.25, 0.3) is 0 Å². The lowest BCUT2D eigenvalue weighted by Gasteiger charge is -2.11. The molecule has 0 atom stereocenters. The minimum absolute atomic E-state index is 0.707. The van der Waals surface area contributed by atoms with Gasteiger partial charge in [-0.1, -0.05) is 13.0 Å². The van der Waals surface area contributed by atoms with Crippen LogP contribution in [0.2, 0.25) is 0 Å². The Kier molecular flexibility index (Phi) is 5.58. The second-order valence-corrected chi connectivity index (χ2v) is 4.81. The van der Waals surface area contributed by atoms with Gasteiger partial charge in [0, 0.05) is 23.9 Å². The summed E-state index contributed by atoms with van der Waals surface area (Å²) in [6, 6.07) is 8.17. The van der Waals surface area contributed by atoms with Gasteiger partial charge in [0.1, 0.15) is 11.5 Å². The Hall–Kier alpha value is -2.07. The Bertz CT molecular complexity index is 585. The highest BCUT2D eigenvalue weighted by atomic mass is 16.5. The number of nitrogens with one attached hydrogen (secondary N) is 1. The number of benzene rings is 1.